The molecule has 0 saturated carbocycles. The van der Waals surface area contributed by atoms with Crippen molar-refractivity contribution in [2.24, 2.45) is 5.92 Å². The molecular weight excluding hydrogens is 340 g/mol. The fourth-order valence-electron chi connectivity index (χ4n) is 2.55. The van der Waals surface area contributed by atoms with E-state index in [2.05, 4.69) is 21.2 Å². The predicted molar refractivity (Wildman–Crippen MR) is 93.6 cm³/mol. The Hall–Kier alpha value is -2.74. The largest absolute Gasteiger partial charge is 0.355 e. The van der Waals surface area contributed by atoms with Crippen LogP contribution in [0.1, 0.15) is 28.2 Å². The Morgan fingerprint density at radius 3 is 2.68 bits per heavy atom. The predicted octanol–water partition coefficient (Wildman–Crippen LogP) is 1.41. The number of hydrazine groups is 1. The maximum absolute atomic E-state index is 12.3. The first-order chi connectivity index (χ1) is 12.0. The standard InChI is InChI=1S/C17H18N4O3S/c1-10-14(25-17(19-10)11-5-3-2-4-6-11)16(24)21-20-15(23)12-7-8-13(22)18-9-12/h2-6,12H,7-9H2,1H3,(H,18,22)(H,20,23)(H,21,24)/t12-/m1/s1. The van der Waals surface area contributed by atoms with E-state index in [1.807, 2.05) is 30.3 Å². The molecule has 0 unspecified atom stereocenters. The molecule has 2 heterocycles. The van der Waals surface area contributed by atoms with Crippen molar-refractivity contribution in [2.75, 3.05) is 6.54 Å². The maximum atomic E-state index is 12.3. The summed E-state index contributed by atoms with van der Waals surface area (Å²) in [6.45, 7) is 2.05. The second-order valence-electron chi connectivity index (χ2n) is 5.78. The molecule has 8 heteroatoms. The van der Waals surface area contributed by atoms with Gasteiger partial charge in [0.25, 0.3) is 5.91 Å². The van der Waals surface area contributed by atoms with Crippen molar-refractivity contribution >= 4 is 29.1 Å². The number of hydrogen-bond donors (Lipinski definition) is 3. The third kappa shape index (κ3) is 4.03. The van der Waals surface area contributed by atoms with Gasteiger partial charge in [0.2, 0.25) is 11.8 Å². The minimum Gasteiger partial charge on any atom is -0.355 e. The van der Waals surface area contributed by atoms with E-state index >= 15 is 0 Å². The van der Waals surface area contributed by atoms with Crippen molar-refractivity contribution in [3.8, 4) is 10.6 Å². The summed E-state index contributed by atoms with van der Waals surface area (Å²) in [6, 6.07) is 9.60. The number of nitrogens with zero attached hydrogens (tertiary/aromatic N) is 1. The van der Waals surface area contributed by atoms with Crippen molar-refractivity contribution in [3.63, 3.8) is 0 Å². The second-order valence-corrected chi connectivity index (χ2v) is 6.78. The molecule has 1 aromatic carbocycles. The first-order valence-electron chi connectivity index (χ1n) is 7.94. The third-order valence-electron chi connectivity index (χ3n) is 3.96. The van der Waals surface area contributed by atoms with Gasteiger partial charge in [-0.2, -0.15) is 0 Å². The van der Waals surface area contributed by atoms with Gasteiger partial charge in [-0.05, 0) is 13.3 Å². The molecule has 0 bridgehead atoms. The van der Waals surface area contributed by atoms with Crippen LogP contribution in [0.2, 0.25) is 0 Å². The number of carbonyl (C=O) groups excluding carboxylic acids is 3. The zero-order chi connectivity index (χ0) is 17.8. The first-order valence-corrected chi connectivity index (χ1v) is 8.76. The van der Waals surface area contributed by atoms with Crippen molar-refractivity contribution < 1.29 is 14.4 Å². The highest BCUT2D eigenvalue weighted by Gasteiger charge is 2.25. The van der Waals surface area contributed by atoms with Gasteiger partial charge in [0.1, 0.15) is 9.88 Å². The van der Waals surface area contributed by atoms with Gasteiger partial charge in [-0.25, -0.2) is 4.98 Å². The summed E-state index contributed by atoms with van der Waals surface area (Å²) in [4.78, 5) is 40.4. The van der Waals surface area contributed by atoms with E-state index in [-0.39, 0.29) is 24.3 Å². The van der Waals surface area contributed by atoms with Crippen molar-refractivity contribution in [1.29, 1.82) is 0 Å². The van der Waals surface area contributed by atoms with Crippen LogP contribution in [-0.4, -0.2) is 29.3 Å². The Morgan fingerprint density at radius 1 is 1.24 bits per heavy atom. The highest BCUT2D eigenvalue weighted by Crippen LogP contribution is 2.27. The quantitative estimate of drug-likeness (QED) is 0.722. The van der Waals surface area contributed by atoms with Crippen LogP contribution in [0.5, 0.6) is 0 Å². The lowest BCUT2D eigenvalue weighted by Gasteiger charge is -2.21. The van der Waals surface area contributed by atoms with Crippen molar-refractivity contribution in [1.82, 2.24) is 21.2 Å². The van der Waals surface area contributed by atoms with Crippen LogP contribution in [0.3, 0.4) is 0 Å². The summed E-state index contributed by atoms with van der Waals surface area (Å²) in [5, 5.41) is 3.40. The van der Waals surface area contributed by atoms with E-state index in [0.29, 0.717) is 23.4 Å². The van der Waals surface area contributed by atoms with E-state index in [0.717, 1.165) is 10.6 Å². The SMILES string of the molecule is Cc1nc(-c2ccccc2)sc1C(=O)NNC(=O)[C@@H]1CCC(=O)NC1. The van der Waals surface area contributed by atoms with Crippen LogP contribution in [-0.2, 0) is 9.59 Å². The maximum Gasteiger partial charge on any atom is 0.281 e. The van der Waals surface area contributed by atoms with Crippen molar-refractivity contribution in [3.05, 3.63) is 40.9 Å². The molecule has 1 aliphatic rings. The molecule has 1 atom stereocenters. The zero-order valence-electron chi connectivity index (χ0n) is 13.7. The molecule has 1 fully saturated rings. The number of nitrogens with one attached hydrogen (secondary N) is 3. The number of benzene rings is 1. The lowest BCUT2D eigenvalue weighted by molar-refractivity contribution is -0.129. The van der Waals surface area contributed by atoms with Gasteiger partial charge in [0.05, 0.1) is 11.6 Å². The highest BCUT2D eigenvalue weighted by atomic mass is 32.1. The smallest absolute Gasteiger partial charge is 0.281 e. The summed E-state index contributed by atoms with van der Waals surface area (Å²) in [7, 11) is 0. The number of aryl methyl sites for hydroxylation is 1. The summed E-state index contributed by atoms with van der Waals surface area (Å²) in [6.07, 6.45) is 0.797. The summed E-state index contributed by atoms with van der Waals surface area (Å²) < 4.78 is 0. The number of carbonyl (C=O) groups is 3. The Kier molecular flexibility index (Phi) is 5.08. The van der Waals surface area contributed by atoms with E-state index in [9.17, 15) is 14.4 Å². The number of rotatable bonds is 3. The van der Waals surface area contributed by atoms with Crippen LogP contribution in [0, 0.1) is 12.8 Å². The monoisotopic (exact) mass is 358 g/mol. The lowest BCUT2D eigenvalue weighted by Crippen LogP contribution is -2.49. The fraction of sp³-hybridized carbons (Fsp3) is 0.294. The van der Waals surface area contributed by atoms with E-state index in [1.54, 1.807) is 6.92 Å². The third-order valence-corrected chi connectivity index (χ3v) is 5.16. The summed E-state index contributed by atoms with van der Waals surface area (Å²) in [5.74, 6) is -1.09. The number of piperidine rings is 1. The molecule has 7 nitrogen and oxygen atoms in total. The lowest BCUT2D eigenvalue weighted by atomic mass is 9.99. The second kappa shape index (κ2) is 7.43. The van der Waals surface area contributed by atoms with Gasteiger partial charge in [-0.15, -0.1) is 11.3 Å². The fourth-order valence-corrected chi connectivity index (χ4v) is 3.51. The van der Waals surface area contributed by atoms with Gasteiger partial charge in [-0.1, -0.05) is 30.3 Å². The number of aromatic nitrogens is 1. The molecule has 3 N–H and O–H groups in total. The average Bonchev–Trinajstić information content (AvgIpc) is 3.02. The van der Waals surface area contributed by atoms with Gasteiger partial charge in [0, 0.05) is 18.5 Å². The normalized spacial score (nSPS) is 16.8. The molecule has 0 radical (unpaired) electrons. The molecule has 3 rings (SSSR count). The number of amides is 3. The van der Waals surface area contributed by atoms with Gasteiger partial charge in [-0.3, -0.25) is 25.2 Å². The Bertz CT molecular complexity index is 793. The van der Waals surface area contributed by atoms with Crippen LogP contribution in [0.4, 0.5) is 0 Å². The molecule has 1 aliphatic heterocycles. The molecule has 2 aromatic rings. The minimum absolute atomic E-state index is 0.0539. The van der Waals surface area contributed by atoms with Crippen molar-refractivity contribution in [2.45, 2.75) is 19.8 Å². The Morgan fingerprint density at radius 2 is 2.00 bits per heavy atom. The van der Waals surface area contributed by atoms with Crippen LogP contribution < -0.4 is 16.2 Å². The Balaban J connectivity index is 1.61. The van der Waals surface area contributed by atoms with Gasteiger partial charge in [0.15, 0.2) is 0 Å². The van der Waals surface area contributed by atoms with Crippen LogP contribution in [0.15, 0.2) is 30.3 Å². The molecular formula is C17H18N4O3S. The summed E-state index contributed by atoms with van der Waals surface area (Å²) >= 11 is 1.28. The molecule has 0 aliphatic carbocycles. The number of hydrogen-bond acceptors (Lipinski definition) is 5. The molecule has 1 aromatic heterocycles. The zero-order valence-corrected chi connectivity index (χ0v) is 14.5. The van der Waals surface area contributed by atoms with E-state index in [1.165, 1.54) is 11.3 Å². The topological polar surface area (TPSA) is 100 Å². The molecule has 3 amide bonds. The van der Waals surface area contributed by atoms with Crippen LogP contribution >= 0.6 is 11.3 Å². The van der Waals surface area contributed by atoms with E-state index in [4.69, 9.17) is 0 Å². The Labute approximate surface area is 148 Å². The number of thiazole rings is 1. The molecule has 25 heavy (non-hydrogen) atoms. The van der Waals surface area contributed by atoms with Gasteiger partial charge >= 0.3 is 0 Å². The minimum atomic E-state index is -0.398. The van der Waals surface area contributed by atoms with E-state index < -0.39 is 5.91 Å². The summed E-state index contributed by atoms with van der Waals surface area (Å²) in [5.41, 5.74) is 6.42. The highest BCUT2D eigenvalue weighted by molar-refractivity contribution is 7.17. The average molecular weight is 358 g/mol. The van der Waals surface area contributed by atoms with Crippen LogP contribution in [0.25, 0.3) is 10.6 Å². The molecule has 1 saturated heterocycles. The van der Waals surface area contributed by atoms with Gasteiger partial charge < -0.3 is 5.32 Å². The first kappa shape index (κ1) is 17.1. The molecule has 0 spiro atoms. The molecule has 130 valence electrons.